The maximum atomic E-state index is 11.4. The van der Waals surface area contributed by atoms with E-state index in [9.17, 15) is 9.59 Å². The summed E-state index contributed by atoms with van der Waals surface area (Å²) in [5.74, 6) is -0.374. The monoisotopic (exact) mass is 272 g/mol. The summed E-state index contributed by atoms with van der Waals surface area (Å²) < 4.78 is 5.17. The first-order chi connectivity index (χ1) is 9.33. The summed E-state index contributed by atoms with van der Waals surface area (Å²) in [6, 6.07) is 6.70. The molecular formula is C15H16N2O3. The lowest BCUT2D eigenvalue weighted by atomic mass is 9.99. The minimum absolute atomic E-state index is 0.374. The number of amides is 1. The van der Waals surface area contributed by atoms with Crippen LogP contribution in [0.1, 0.15) is 18.1 Å². The molecule has 0 spiro atoms. The number of carbonyl (C=O) groups excluding carboxylic acids is 1. The quantitative estimate of drug-likeness (QED) is 0.504. The molecule has 5 nitrogen and oxygen atoms in total. The molecule has 1 unspecified atom stereocenters. The van der Waals surface area contributed by atoms with E-state index in [4.69, 9.17) is 10.2 Å². The number of nitrogens with two attached hydrogens (primary N) is 1. The molecule has 104 valence electrons. The highest BCUT2D eigenvalue weighted by molar-refractivity contribution is 5.88. The fraction of sp³-hybridized carbons (Fsp3) is 0.200. The van der Waals surface area contributed by atoms with Gasteiger partial charge in [0.25, 0.3) is 0 Å². The summed E-state index contributed by atoms with van der Waals surface area (Å²) in [5.41, 5.74) is 6.49. The van der Waals surface area contributed by atoms with Crippen molar-refractivity contribution in [3.8, 4) is 0 Å². The van der Waals surface area contributed by atoms with Crippen molar-refractivity contribution >= 4 is 16.9 Å². The highest BCUT2D eigenvalue weighted by atomic mass is 16.4. The van der Waals surface area contributed by atoms with Gasteiger partial charge in [0.2, 0.25) is 5.91 Å². The van der Waals surface area contributed by atoms with Crippen molar-refractivity contribution in [1.29, 1.82) is 0 Å². The predicted octanol–water partition coefficient (Wildman–Crippen LogP) is 1.54. The first kappa shape index (κ1) is 14.0. The largest absolute Gasteiger partial charge is 0.423 e. The van der Waals surface area contributed by atoms with Gasteiger partial charge in [0.15, 0.2) is 0 Å². The van der Waals surface area contributed by atoms with E-state index in [-0.39, 0.29) is 5.91 Å². The van der Waals surface area contributed by atoms with Gasteiger partial charge in [-0.1, -0.05) is 18.7 Å². The summed E-state index contributed by atoms with van der Waals surface area (Å²) in [7, 11) is 0. The second kappa shape index (κ2) is 4.94. The van der Waals surface area contributed by atoms with E-state index < -0.39 is 11.3 Å². The molecule has 5 heteroatoms. The average molecular weight is 272 g/mol. The van der Waals surface area contributed by atoms with E-state index >= 15 is 0 Å². The van der Waals surface area contributed by atoms with Crippen LogP contribution in [0, 0.1) is 6.92 Å². The SMILES string of the molecule is C=CC(=O)NC(C)(N)c1ccc2c(C)cc(=O)oc2c1. The minimum Gasteiger partial charge on any atom is -0.423 e. The van der Waals surface area contributed by atoms with E-state index in [0.717, 1.165) is 17.0 Å². The zero-order chi connectivity index (χ0) is 14.9. The molecule has 1 aromatic heterocycles. The van der Waals surface area contributed by atoms with Gasteiger partial charge in [0.05, 0.1) is 0 Å². The molecule has 20 heavy (non-hydrogen) atoms. The molecule has 0 aliphatic rings. The third kappa shape index (κ3) is 2.62. The summed E-state index contributed by atoms with van der Waals surface area (Å²) in [4.78, 5) is 22.8. The van der Waals surface area contributed by atoms with Gasteiger partial charge < -0.3 is 15.5 Å². The predicted molar refractivity (Wildman–Crippen MR) is 77.1 cm³/mol. The third-order valence-electron chi connectivity index (χ3n) is 3.12. The Balaban J connectivity index is 2.53. The summed E-state index contributed by atoms with van der Waals surface area (Å²) >= 11 is 0. The van der Waals surface area contributed by atoms with Crippen LogP contribution in [0.4, 0.5) is 0 Å². The molecule has 1 amide bonds. The first-order valence-corrected chi connectivity index (χ1v) is 6.12. The van der Waals surface area contributed by atoms with Crippen LogP contribution in [-0.2, 0) is 10.5 Å². The van der Waals surface area contributed by atoms with Crippen LogP contribution < -0.4 is 16.7 Å². The highest BCUT2D eigenvalue weighted by Gasteiger charge is 2.23. The second-order valence-corrected chi connectivity index (χ2v) is 4.86. The number of aryl methyl sites for hydroxylation is 1. The molecular weight excluding hydrogens is 256 g/mol. The van der Waals surface area contributed by atoms with E-state index in [0.29, 0.717) is 11.1 Å². The maximum Gasteiger partial charge on any atom is 0.336 e. The van der Waals surface area contributed by atoms with Crippen LogP contribution in [0.25, 0.3) is 11.0 Å². The summed E-state index contributed by atoms with van der Waals surface area (Å²) in [6.07, 6.45) is 1.15. The van der Waals surface area contributed by atoms with Gasteiger partial charge in [-0.05, 0) is 37.1 Å². The molecule has 0 bridgehead atoms. The molecule has 1 aromatic carbocycles. The zero-order valence-corrected chi connectivity index (χ0v) is 11.4. The van der Waals surface area contributed by atoms with Crippen molar-refractivity contribution in [3.63, 3.8) is 0 Å². The average Bonchev–Trinajstić information content (AvgIpc) is 2.37. The molecule has 0 saturated carbocycles. The third-order valence-corrected chi connectivity index (χ3v) is 3.12. The van der Waals surface area contributed by atoms with Gasteiger partial charge in [-0.25, -0.2) is 4.79 Å². The highest BCUT2D eigenvalue weighted by Crippen LogP contribution is 2.22. The van der Waals surface area contributed by atoms with Crippen molar-refractivity contribution in [2.75, 3.05) is 0 Å². The van der Waals surface area contributed by atoms with Crippen molar-refractivity contribution in [3.05, 3.63) is 58.5 Å². The Labute approximate surface area is 116 Å². The van der Waals surface area contributed by atoms with Crippen LogP contribution in [0.5, 0.6) is 0 Å². The van der Waals surface area contributed by atoms with Gasteiger partial charge >= 0.3 is 5.63 Å². The van der Waals surface area contributed by atoms with E-state index in [1.807, 2.05) is 13.0 Å². The molecule has 0 aliphatic heterocycles. The number of rotatable bonds is 3. The van der Waals surface area contributed by atoms with Gasteiger partial charge in [0.1, 0.15) is 11.2 Å². The molecule has 0 radical (unpaired) electrons. The smallest absolute Gasteiger partial charge is 0.336 e. The van der Waals surface area contributed by atoms with Crippen molar-refractivity contribution in [2.45, 2.75) is 19.5 Å². The minimum atomic E-state index is -1.08. The molecule has 0 saturated heterocycles. The number of fused-ring (bicyclic) bond motifs is 1. The zero-order valence-electron chi connectivity index (χ0n) is 11.4. The topological polar surface area (TPSA) is 85.3 Å². The van der Waals surface area contributed by atoms with Gasteiger partial charge in [-0.15, -0.1) is 0 Å². The van der Waals surface area contributed by atoms with Crippen LogP contribution in [-0.4, -0.2) is 5.91 Å². The standard InChI is InChI=1S/C15H16N2O3/c1-4-13(18)17-15(3,16)10-5-6-11-9(2)7-14(19)20-12(11)8-10/h4-8H,1,16H2,2-3H3,(H,17,18). The van der Waals surface area contributed by atoms with E-state index in [1.54, 1.807) is 19.1 Å². The Hall–Kier alpha value is -2.40. The lowest BCUT2D eigenvalue weighted by Gasteiger charge is -2.26. The second-order valence-electron chi connectivity index (χ2n) is 4.86. The maximum absolute atomic E-state index is 11.4. The lowest BCUT2D eigenvalue weighted by molar-refractivity contribution is -0.118. The van der Waals surface area contributed by atoms with Crippen LogP contribution in [0.3, 0.4) is 0 Å². The van der Waals surface area contributed by atoms with Crippen LogP contribution in [0.15, 0.2) is 46.1 Å². The number of nitrogens with one attached hydrogen (secondary N) is 1. The lowest BCUT2D eigenvalue weighted by Crippen LogP contribution is -2.50. The van der Waals surface area contributed by atoms with E-state index in [2.05, 4.69) is 11.9 Å². The van der Waals surface area contributed by atoms with Crippen molar-refractivity contribution < 1.29 is 9.21 Å². The molecule has 1 atom stereocenters. The van der Waals surface area contributed by atoms with Crippen LogP contribution >= 0.6 is 0 Å². The summed E-state index contributed by atoms with van der Waals surface area (Å²) in [6.45, 7) is 6.87. The van der Waals surface area contributed by atoms with Crippen molar-refractivity contribution in [1.82, 2.24) is 5.32 Å². The number of hydrogen-bond donors (Lipinski definition) is 2. The normalized spacial score (nSPS) is 13.8. The summed E-state index contributed by atoms with van der Waals surface area (Å²) in [5, 5.41) is 3.45. The Morgan fingerprint density at radius 2 is 2.15 bits per heavy atom. The van der Waals surface area contributed by atoms with Crippen LogP contribution in [0.2, 0.25) is 0 Å². The van der Waals surface area contributed by atoms with E-state index in [1.165, 1.54) is 6.07 Å². The Kier molecular flexibility index (Phi) is 3.46. The van der Waals surface area contributed by atoms with Gasteiger partial charge in [-0.3, -0.25) is 4.79 Å². The fourth-order valence-corrected chi connectivity index (χ4v) is 2.03. The molecule has 1 heterocycles. The molecule has 3 N–H and O–H groups in total. The molecule has 2 rings (SSSR count). The van der Waals surface area contributed by atoms with Gasteiger partial charge in [-0.2, -0.15) is 0 Å². The molecule has 0 aliphatic carbocycles. The van der Waals surface area contributed by atoms with Crippen molar-refractivity contribution in [2.24, 2.45) is 5.73 Å². The Bertz CT molecular complexity index is 744. The number of benzene rings is 1. The first-order valence-electron chi connectivity index (χ1n) is 6.12. The Morgan fingerprint density at radius 3 is 2.80 bits per heavy atom. The molecule has 0 fully saturated rings. The molecule has 2 aromatic rings. The van der Waals surface area contributed by atoms with Gasteiger partial charge in [0, 0.05) is 11.5 Å². The Morgan fingerprint density at radius 1 is 1.45 bits per heavy atom. The fourth-order valence-electron chi connectivity index (χ4n) is 2.03. The number of hydrogen-bond acceptors (Lipinski definition) is 4. The number of carbonyl (C=O) groups is 1.